The number of carbonyl (C=O) groups excluding carboxylic acids is 5. The highest BCUT2D eigenvalue weighted by Gasteiger charge is 2.33. The van der Waals surface area contributed by atoms with Crippen molar-refractivity contribution >= 4 is 51.2 Å². The summed E-state index contributed by atoms with van der Waals surface area (Å²) in [6.07, 6.45) is 5.16. The van der Waals surface area contributed by atoms with E-state index in [0.717, 1.165) is 38.4 Å². The van der Waals surface area contributed by atoms with Crippen LogP contribution in [0.4, 0.5) is 0 Å². The predicted octanol–water partition coefficient (Wildman–Crippen LogP) is 1.95. The molecule has 0 spiro atoms. The SMILES string of the molecule is NCCCC[C@H](NC(=O)[C@@H](Cc1ccccc1)NC(=O)[C@H](Cc1c[nH]c2ccccc12)NC(=O)[C@@H](CCCCN)NC(=O)[C@@H](Cc1ccc2ccccc2c1)NCCN)C(N)=O. The first-order valence-corrected chi connectivity index (χ1v) is 21.5. The highest BCUT2D eigenvalue weighted by atomic mass is 16.2. The molecule has 1 aromatic heterocycles. The fraction of sp³-hybridized carbons (Fsp3) is 0.383. The Morgan fingerprint density at radius 2 is 1.06 bits per heavy atom. The van der Waals surface area contributed by atoms with Gasteiger partial charge in [-0.3, -0.25) is 24.0 Å². The van der Waals surface area contributed by atoms with Gasteiger partial charge in [0.25, 0.3) is 0 Å². The van der Waals surface area contributed by atoms with Crippen LogP contribution in [0.3, 0.4) is 0 Å². The van der Waals surface area contributed by atoms with E-state index >= 15 is 0 Å². The molecule has 5 aromatic rings. The van der Waals surface area contributed by atoms with Crippen LogP contribution in [0.1, 0.15) is 55.2 Å². The Morgan fingerprint density at radius 3 is 1.74 bits per heavy atom. The number of nitrogens with two attached hydrogens (primary N) is 4. The number of amides is 5. The molecule has 0 radical (unpaired) electrons. The lowest BCUT2D eigenvalue weighted by Gasteiger charge is -2.27. The van der Waals surface area contributed by atoms with Crippen molar-refractivity contribution in [3.8, 4) is 0 Å². The molecule has 14 N–H and O–H groups in total. The van der Waals surface area contributed by atoms with Gasteiger partial charge in [0.1, 0.15) is 24.2 Å². The molecule has 62 heavy (non-hydrogen) atoms. The van der Waals surface area contributed by atoms with Crippen molar-refractivity contribution < 1.29 is 24.0 Å². The average Bonchev–Trinajstić information content (AvgIpc) is 3.69. The molecule has 4 aromatic carbocycles. The fourth-order valence-electron chi connectivity index (χ4n) is 7.53. The molecule has 0 unspecified atom stereocenters. The molecule has 0 bridgehead atoms. The molecule has 0 saturated carbocycles. The van der Waals surface area contributed by atoms with Gasteiger partial charge in [-0.15, -0.1) is 0 Å². The molecule has 330 valence electrons. The van der Waals surface area contributed by atoms with E-state index < -0.39 is 59.7 Å². The summed E-state index contributed by atoms with van der Waals surface area (Å²) in [5.74, 6) is -2.91. The van der Waals surface area contributed by atoms with Gasteiger partial charge in [0, 0.05) is 43.0 Å². The number of carbonyl (C=O) groups is 5. The third-order valence-corrected chi connectivity index (χ3v) is 10.9. The summed E-state index contributed by atoms with van der Waals surface area (Å²) in [5.41, 5.74) is 26.3. The summed E-state index contributed by atoms with van der Waals surface area (Å²) in [6.45, 7) is 1.48. The van der Waals surface area contributed by atoms with Crippen LogP contribution in [0.2, 0.25) is 0 Å². The lowest BCUT2D eigenvalue weighted by molar-refractivity contribution is -0.134. The predicted molar refractivity (Wildman–Crippen MR) is 243 cm³/mol. The fourth-order valence-corrected chi connectivity index (χ4v) is 7.53. The number of unbranched alkanes of at least 4 members (excludes halogenated alkanes) is 2. The molecule has 0 aliphatic heterocycles. The zero-order chi connectivity index (χ0) is 44.3. The third-order valence-electron chi connectivity index (χ3n) is 10.9. The Morgan fingerprint density at radius 1 is 0.516 bits per heavy atom. The Bertz CT molecular complexity index is 2230. The van der Waals surface area contributed by atoms with Gasteiger partial charge in [-0.05, 0) is 91.6 Å². The number of nitrogens with one attached hydrogen (secondary N) is 6. The largest absolute Gasteiger partial charge is 0.368 e. The number of fused-ring (bicyclic) bond motifs is 2. The lowest BCUT2D eigenvalue weighted by atomic mass is 9.99. The molecule has 0 aliphatic carbocycles. The second kappa shape index (κ2) is 24.3. The molecule has 5 rings (SSSR count). The molecule has 15 nitrogen and oxygen atoms in total. The van der Waals surface area contributed by atoms with E-state index in [1.165, 1.54) is 0 Å². The topological polar surface area (TPSA) is 265 Å². The summed E-state index contributed by atoms with van der Waals surface area (Å²) in [6, 6.07) is 25.7. The molecule has 5 amide bonds. The van der Waals surface area contributed by atoms with E-state index in [4.69, 9.17) is 22.9 Å². The number of para-hydroxylation sites is 1. The average molecular weight is 847 g/mol. The highest BCUT2D eigenvalue weighted by Crippen LogP contribution is 2.20. The standard InChI is InChI=1S/C47H62N10O5/c48-22-10-8-18-38(43(51)58)54-46(61)41(27-31-12-2-1-3-13-31)56-47(62)42(29-35-30-53-37-17-7-6-16-36(35)37)57-44(59)39(19-9-11-23-49)55-45(60)40(52-25-24-50)28-32-20-21-33-14-4-5-15-34(33)26-32/h1-7,12-17,20-21,26,30,38-42,52-53H,8-11,18-19,22-25,27-29,48-50H2,(H2,51,58)(H,54,61)(H,55,60)(H,56,62)(H,57,59)/t38-,39+,40+,41+,42-/m0/s1. The number of aromatic nitrogens is 1. The second-order valence-electron chi connectivity index (χ2n) is 15.7. The van der Waals surface area contributed by atoms with Gasteiger partial charge >= 0.3 is 0 Å². The Balaban J connectivity index is 1.41. The molecule has 0 aliphatic rings. The van der Waals surface area contributed by atoms with E-state index in [1.54, 1.807) is 6.20 Å². The zero-order valence-electron chi connectivity index (χ0n) is 35.2. The zero-order valence-corrected chi connectivity index (χ0v) is 35.2. The highest BCUT2D eigenvalue weighted by molar-refractivity contribution is 5.96. The van der Waals surface area contributed by atoms with Crippen LogP contribution in [-0.2, 0) is 43.2 Å². The molecular weight excluding hydrogens is 785 g/mol. The van der Waals surface area contributed by atoms with Gasteiger partial charge in [-0.25, -0.2) is 0 Å². The van der Waals surface area contributed by atoms with Gasteiger partial charge in [0.05, 0.1) is 6.04 Å². The molecule has 5 atom stereocenters. The number of aromatic amines is 1. The van der Waals surface area contributed by atoms with Gasteiger partial charge in [-0.1, -0.05) is 91.0 Å². The number of benzene rings is 4. The van der Waals surface area contributed by atoms with Crippen LogP contribution in [0, 0.1) is 0 Å². The maximum absolute atomic E-state index is 14.6. The van der Waals surface area contributed by atoms with Crippen LogP contribution in [-0.4, -0.2) is 90.9 Å². The van der Waals surface area contributed by atoms with Crippen molar-refractivity contribution in [3.63, 3.8) is 0 Å². The molecule has 0 saturated heterocycles. The molecular formula is C47H62N10O5. The number of hydrogen-bond donors (Lipinski definition) is 10. The first-order chi connectivity index (χ1) is 30.1. The van der Waals surface area contributed by atoms with Gasteiger partial charge < -0.3 is 54.5 Å². The summed E-state index contributed by atoms with van der Waals surface area (Å²) in [7, 11) is 0. The monoisotopic (exact) mass is 846 g/mol. The summed E-state index contributed by atoms with van der Waals surface area (Å²) in [5, 5.41) is 17.7. The van der Waals surface area contributed by atoms with Gasteiger partial charge in [0.2, 0.25) is 29.5 Å². The van der Waals surface area contributed by atoms with E-state index in [9.17, 15) is 24.0 Å². The van der Waals surface area contributed by atoms with E-state index in [-0.39, 0.29) is 25.7 Å². The van der Waals surface area contributed by atoms with Crippen molar-refractivity contribution in [2.24, 2.45) is 22.9 Å². The first kappa shape index (κ1) is 46.9. The van der Waals surface area contributed by atoms with Crippen LogP contribution in [0.15, 0.2) is 103 Å². The number of hydrogen-bond acceptors (Lipinski definition) is 9. The van der Waals surface area contributed by atoms with Crippen molar-refractivity contribution in [1.82, 2.24) is 31.6 Å². The maximum Gasteiger partial charge on any atom is 0.243 e. The van der Waals surface area contributed by atoms with Crippen molar-refractivity contribution in [2.45, 2.75) is 88.0 Å². The molecule has 15 heteroatoms. The van der Waals surface area contributed by atoms with Crippen molar-refractivity contribution in [1.29, 1.82) is 0 Å². The first-order valence-electron chi connectivity index (χ1n) is 21.5. The van der Waals surface area contributed by atoms with E-state index in [0.29, 0.717) is 58.3 Å². The number of primary amides is 1. The minimum absolute atomic E-state index is 0.0520. The van der Waals surface area contributed by atoms with Crippen LogP contribution in [0.25, 0.3) is 21.7 Å². The number of rotatable bonds is 26. The van der Waals surface area contributed by atoms with E-state index in [2.05, 4.69) is 31.6 Å². The van der Waals surface area contributed by atoms with Crippen LogP contribution in [0.5, 0.6) is 0 Å². The minimum atomic E-state index is -1.19. The Kier molecular flexibility index (Phi) is 18.4. The molecule has 0 fully saturated rings. The third kappa shape index (κ3) is 14.0. The summed E-state index contributed by atoms with van der Waals surface area (Å²) in [4.78, 5) is 72.7. The van der Waals surface area contributed by atoms with Gasteiger partial charge in [0.15, 0.2) is 0 Å². The second-order valence-corrected chi connectivity index (χ2v) is 15.7. The van der Waals surface area contributed by atoms with Crippen molar-refractivity contribution in [3.05, 3.63) is 120 Å². The Labute approximate surface area is 362 Å². The quantitative estimate of drug-likeness (QED) is 0.0364. The normalized spacial score (nSPS) is 13.7. The van der Waals surface area contributed by atoms with E-state index in [1.807, 2.05) is 97.1 Å². The Hall–Kier alpha value is -6.13. The van der Waals surface area contributed by atoms with Gasteiger partial charge in [-0.2, -0.15) is 0 Å². The summed E-state index contributed by atoms with van der Waals surface area (Å²) < 4.78 is 0. The smallest absolute Gasteiger partial charge is 0.243 e. The number of H-pyrrole nitrogens is 1. The summed E-state index contributed by atoms with van der Waals surface area (Å²) >= 11 is 0. The molecule has 1 heterocycles. The maximum atomic E-state index is 14.6. The van der Waals surface area contributed by atoms with Crippen molar-refractivity contribution in [2.75, 3.05) is 26.2 Å². The minimum Gasteiger partial charge on any atom is -0.368 e. The lowest BCUT2D eigenvalue weighted by Crippen LogP contribution is -2.59. The van der Waals surface area contributed by atoms with Crippen LogP contribution < -0.4 is 49.5 Å². The van der Waals surface area contributed by atoms with Crippen LogP contribution >= 0.6 is 0 Å².